The Labute approximate surface area is 122 Å². The summed E-state index contributed by atoms with van der Waals surface area (Å²) in [6.07, 6.45) is 2.95. The number of aryl methyl sites for hydroxylation is 1. The van der Waals surface area contributed by atoms with Crippen LogP contribution in [0.2, 0.25) is 0 Å². The minimum Gasteiger partial charge on any atom is -0.481 e. The smallest absolute Gasteiger partial charge is 0.312 e. The molecule has 0 radical (unpaired) electrons. The number of aromatic nitrogens is 1. The number of carbonyl (C=O) groups is 1. The number of fused-ring (bicyclic) bond motifs is 1. The second-order valence-electron chi connectivity index (χ2n) is 5.28. The molecule has 0 saturated heterocycles. The molecule has 1 unspecified atom stereocenters. The van der Waals surface area contributed by atoms with Crippen LogP contribution in [0, 0.1) is 11.3 Å². The normalized spacial score (nSPS) is 17.6. The summed E-state index contributed by atoms with van der Waals surface area (Å²) in [4.78, 5) is 19.1. The maximum Gasteiger partial charge on any atom is 0.312 e. The summed E-state index contributed by atoms with van der Waals surface area (Å²) >= 11 is 1.59. The van der Waals surface area contributed by atoms with Crippen LogP contribution in [0.3, 0.4) is 0 Å². The molecule has 1 atom stereocenters. The molecule has 20 heavy (non-hydrogen) atoms. The fraction of sp³-hybridized carbons (Fsp3) is 0.643. The van der Waals surface area contributed by atoms with Gasteiger partial charge in [0.05, 0.1) is 18.2 Å². The SMILES string of the molecule is CC(C)N(CCC#N)c1nc2c(s1)CCCC2C(=O)O. The molecular formula is C14H19N3O2S. The van der Waals surface area contributed by atoms with Crippen molar-refractivity contribution in [3.8, 4) is 6.07 Å². The van der Waals surface area contributed by atoms with Gasteiger partial charge in [-0.05, 0) is 33.1 Å². The zero-order valence-corrected chi connectivity index (χ0v) is 12.6. The van der Waals surface area contributed by atoms with E-state index in [2.05, 4.69) is 29.8 Å². The van der Waals surface area contributed by atoms with Crippen molar-refractivity contribution in [1.29, 1.82) is 5.26 Å². The van der Waals surface area contributed by atoms with Gasteiger partial charge in [-0.15, -0.1) is 11.3 Å². The molecule has 1 aliphatic rings. The van der Waals surface area contributed by atoms with Crippen molar-refractivity contribution in [2.75, 3.05) is 11.4 Å². The molecule has 0 spiro atoms. The number of rotatable bonds is 5. The first-order valence-corrected chi connectivity index (χ1v) is 7.72. The van der Waals surface area contributed by atoms with Crippen LogP contribution in [0.1, 0.15) is 49.6 Å². The molecule has 5 nitrogen and oxygen atoms in total. The summed E-state index contributed by atoms with van der Waals surface area (Å²) in [5.74, 6) is -1.25. The summed E-state index contributed by atoms with van der Waals surface area (Å²) in [6, 6.07) is 2.40. The van der Waals surface area contributed by atoms with Gasteiger partial charge in [0.1, 0.15) is 5.92 Å². The van der Waals surface area contributed by atoms with Crippen molar-refractivity contribution in [2.45, 2.75) is 51.5 Å². The highest BCUT2D eigenvalue weighted by Gasteiger charge is 2.31. The standard InChI is InChI=1S/C14H19N3O2S/c1-9(2)17(8-4-7-15)14-16-12-10(13(18)19)5-3-6-11(12)20-14/h9-10H,3-6,8H2,1-2H3,(H,18,19). The predicted molar refractivity (Wildman–Crippen MR) is 78.1 cm³/mol. The van der Waals surface area contributed by atoms with Gasteiger partial charge in [-0.25, -0.2) is 4.98 Å². The second-order valence-corrected chi connectivity index (χ2v) is 6.35. The lowest BCUT2D eigenvalue weighted by molar-refractivity contribution is -0.139. The van der Waals surface area contributed by atoms with Gasteiger partial charge in [-0.1, -0.05) is 0 Å². The van der Waals surface area contributed by atoms with Gasteiger partial charge in [0.25, 0.3) is 0 Å². The van der Waals surface area contributed by atoms with E-state index >= 15 is 0 Å². The Morgan fingerprint density at radius 3 is 3.00 bits per heavy atom. The number of anilines is 1. The maximum atomic E-state index is 11.3. The molecule has 0 aromatic carbocycles. The van der Waals surface area contributed by atoms with Gasteiger partial charge in [-0.3, -0.25) is 4.79 Å². The van der Waals surface area contributed by atoms with Crippen LogP contribution >= 0.6 is 11.3 Å². The van der Waals surface area contributed by atoms with Crippen LogP contribution in [0.4, 0.5) is 5.13 Å². The van der Waals surface area contributed by atoms with E-state index in [1.807, 2.05) is 0 Å². The molecule has 0 amide bonds. The van der Waals surface area contributed by atoms with Crippen LogP contribution in [0.15, 0.2) is 0 Å². The van der Waals surface area contributed by atoms with E-state index in [4.69, 9.17) is 5.26 Å². The van der Waals surface area contributed by atoms with Crippen LogP contribution in [0.5, 0.6) is 0 Å². The van der Waals surface area contributed by atoms with Crippen molar-refractivity contribution < 1.29 is 9.90 Å². The minimum absolute atomic E-state index is 0.249. The van der Waals surface area contributed by atoms with Crippen molar-refractivity contribution >= 4 is 22.4 Å². The average Bonchev–Trinajstić information content (AvgIpc) is 2.81. The van der Waals surface area contributed by atoms with E-state index in [1.54, 1.807) is 11.3 Å². The van der Waals surface area contributed by atoms with Crippen LogP contribution in [-0.2, 0) is 11.2 Å². The van der Waals surface area contributed by atoms with E-state index in [0.717, 1.165) is 28.5 Å². The molecule has 0 fully saturated rings. The largest absolute Gasteiger partial charge is 0.481 e. The number of thiazole rings is 1. The number of hydrogen-bond acceptors (Lipinski definition) is 5. The number of carboxylic acids is 1. The summed E-state index contributed by atoms with van der Waals surface area (Å²) in [7, 11) is 0. The van der Waals surface area contributed by atoms with Crippen molar-refractivity contribution in [1.82, 2.24) is 4.98 Å². The number of nitriles is 1. The van der Waals surface area contributed by atoms with E-state index in [-0.39, 0.29) is 6.04 Å². The van der Waals surface area contributed by atoms with E-state index in [1.165, 1.54) is 0 Å². The lowest BCUT2D eigenvalue weighted by atomic mass is 9.91. The van der Waals surface area contributed by atoms with Crippen molar-refractivity contribution in [3.05, 3.63) is 10.6 Å². The van der Waals surface area contributed by atoms with Gasteiger partial charge in [0, 0.05) is 17.5 Å². The van der Waals surface area contributed by atoms with E-state index < -0.39 is 11.9 Å². The molecule has 2 rings (SSSR count). The van der Waals surface area contributed by atoms with Crippen LogP contribution < -0.4 is 4.90 Å². The monoisotopic (exact) mass is 293 g/mol. The first kappa shape index (κ1) is 14.8. The Hall–Kier alpha value is -1.61. The first-order chi connectivity index (χ1) is 9.54. The molecule has 1 heterocycles. The average molecular weight is 293 g/mol. The number of nitrogens with zero attached hydrogens (tertiary/aromatic N) is 3. The lowest BCUT2D eigenvalue weighted by Gasteiger charge is -2.24. The molecule has 1 N–H and O–H groups in total. The maximum absolute atomic E-state index is 11.3. The predicted octanol–water partition coefficient (Wildman–Crippen LogP) is 2.78. The third-order valence-electron chi connectivity index (χ3n) is 3.57. The lowest BCUT2D eigenvalue weighted by Crippen LogP contribution is -2.31. The number of aliphatic carboxylic acids is 1. The quantitative estimate of drug-likeness (QED) is 0.903. The third-order valence-corrected chi connectivity index (χ3v) is 4.74. The molecule has 108 valence electrons. The Balaban J connectivity index is 2.30. The highest BCUT2D eigenvalue weighted by atomic mass is 32.1. The van der Waals surface area contributed by atoms with Crippen LogP contribution in [0.25, 0.3) is 0 Å². The van der Waals surface area contributed by atoms with Gasteiger partial charge in [-0.2, -0.15) is 5.26 Å². The highest BCUT2D eigenvalue weighted by molar-refractivity contribution is 7.15. The van der Waals surface area contributed by atoms with Gasteiger partial charge in [0.15, 0.2) is 5.13 Å². The molecule has 1 aromatic heterocycles. The fourth-order valence-corrected chi connectivity index (χ4v) is 3.84. The van der Waals surface area contributed by atoms with Gasteiger partial charge < -0.3 is 10.0 Å². The van der Waals surface area contributed by atoms with E-state index in [0.29, 0.717) is 19.4 Å². The third kappa shape index (κ3) is 2.93. The summed E-state index contributed by atoms with van der Waals surface area (Å²) in [5, 5.41) is 18.9. The molecule has 1 aliphatic carbocycles. The van der Waals surface area contributed by atoms with Crippen LogP contribution in [-0.4, -0.2) is 28.6 Å². The van der Waals surface area contributed by atoms with Crippen molar-refractivity contribution in [3.63, 3.8) is 0 Å². The Kier molecular flexibility index (Phi) is 4.61. The van der Waals surface area contributed by atoms with Crippen molar-refractivity contribution in [2.24, 2.45) is 0 Å². The summed E-state index contributed by atoms with van der Waals surface area (Å²) < 4.78 is 0. The molecule has 1 aromatic rings. The molecule has 0 aliphatic heterocycles. The van der Waals surface area contributed by atoms with E-state index in [9.17, 15) is 9.90 Å². The number of hydrogen-bond donors (Lipinski definition) is 1. The zero-order valence-electron chi connectivity index (χ0n) is 11.8. The molecule has 6 heteroatoms. The zero-order chi connectivity index (χ0) is 14.7. The second kappa shape index (κ2) is 6.23. The summed E-state index contributed by atoms with van der Waals surface area (Å²) in [5.41, 5.74) is 0.742. The topological polar surface area (TPSA) is 77.2 Å². The Bertz CT molecular complexity index is 533. The fourth-order valence-electron chi connectivity index (χ4n) is 2.51. The Morgan fingerprint density at radius 2 is 2.40 bits per heavy atom. The molecule has 0 saturated carbocycles. The van der Waals surface area contributed by atoms with Gasteiger partial charge >= 0.3 is 5.97 Å². The number of carboxylic acid groups (broad SMARTS) is 1. The molecule has 0 bridgehead atoms. The first-order valence-electron chi connectivity index (χ1n) is 6.90. The Morgan fingerprint density at radius 1 is 1.65 bits per heavy atom. The minimum atomic E-state index is -0.782. The molecular weight excluding hydrogens is 274 g/mol. The highest BCUT2D eigenvalue weighted by Crippen LogP contribution is 2.38. The van der Waals surface area contributed by atoms with Gasteiger partial charge in [0.2, 0.25) is 0 Å². The summed E-state index contributed by atoms with van der Waals surface area (Å²) in [6.45, 7) is 4.76.